The van der Waals surface area contributed by atoms with E-state index in [9.17, 15) is 4.79 Å². The number of carbonyl (C=O) groups is 1. The number of hydrogen-bond donors (Lipinski definition) is 0. The van der Waals surface area contributed by atoms with E-state index in [1.165, 1.54) is 0 Å². The Kier molecular flexibility index (Phi) is 3.83. The van der Waals surface area contributed by atoms with Gasteiger partial charge in [0.05, 0.1) is 11.8 Å². The van der Waals surface area contributed by atoms with Crippen molar-refractivity contribution in [1.82, 2.24) is 0 Å². The van der Waals surface area contributed by atoms with E-state index in [0.29, 0.717) is 12.2 Å². The number of benzene rings is 1. The molecular formula is C16H23NO2. The first kappa shape index (κ1) is 13.9. The highest BCUT2D eigenvalue weighted by molar-refractivity contribution is 5.86. The Hall–Kier alpha value is -1.51. The molecular weight excluding hydrogens is 238 g/mol. The van der Waals surface area contributed by atoms with E-state index < -0.39 is 0 Å². The maximum atomic E-state index is 11.9. The van der Waals surface area contributed by atoms with Crippen LogP contribution in [0.5, 0.6) is 5.75 Å². The van der Waals surface area contributed by atoms with Gasteiger partial charge >= 0.3 is 0 Å². The number of nitrogens with zero attached hydrogens (tertiary/aromatic N) is 1. The van der Waals surface area contributed by atoms with Crippen LogP contribution in [-0.4, -0.2) is 25.0 Å². The average Bonchev–Trinajstić information content (AvgIpc) is 2.33. The smallest absolute Gasteiger partial charge is 0.142 e. The maximum Gasteiger partial charge on any atom is 0.142 e. The van der Waals surface area contributed by atoms with E-state index in [2.05, 4.69) is 11.0 Å². The van der Waals surface area contributed by atoms with E-state index in [-0.39, 0.29) is 11.5 Å². The van der Waals surface area contributed by atoms with Crippen molar-refractivity contribution in [3.63, 3.8) is 0 Å². The number of carbonyl (C=O) groups excluding carboxylic acids is 1. The summed E-state index contributed by atoms with van der Waals surface area (Å²) in [4.78, 5) is 14.2. The average molecular weight is 261 g/mol. The van der Waals surface area contributed by atoms with Crippen LogP contribution in [0.1, 0.15) is 34.1 Å². The summed E-state index contributed by atoms with van der Waals surface area (Å²) >= 11 is 0. The molecule has 1 saturated heterocycles. The van der Waals surface area contributed by atoms with Crippen molar-refractivity contribution in [2.24, 2.45) is 5.41 Å². The normalized spacial score (nSPS) is 18.8. The monoisotopic (exact) mass is 261 g/mol. The van der Waals surface area contributed by atoms with E-state index in [1.807, 2.05) is 45.9 Å². The van der Waals surface area contributed by atoms with Gasteiger partial charge in [-0.1, -0.05) is 26.0 Å². The van der Waals surface area contributed by atoms with Gasteiger partial charge in [0.25, 0.3) is 0 Å². The van der Waals surface area contributed by atoms with Crippen LogP contribution < -0.4 is 9.64 Å². The molecule has 1 fully saturated rings. The molecule has 0 bridgehead atoms. The van der Waals surface area contributed by atoms with Gasteiger partial charge in [-0.15, -0.1) is 0 Å². The minimum atomic E-state index is -0.275. The Morgan fingerprint density at radius 3 is 2.58 bits per heavy atom. The number of ketones is 1. The molecule has 0 unspecified atom stereocenters. The van der Waals surface area contributed by atoms with E-state index in [0.717, 1.165) is 24.5 Å². The zero-order chi connectivity index (χ0) is 14.0. The quantitative estimate of drug-likeness (QED) is 0.836. The van der Waals surface area contributed by atoms with Crippen LogP contribution in [0.3, 0.4) is 0 Å². The third kappa shape index (κ3) is 3.09. The summed E-state index contributed by atoms with van der Waals surface area (Å²) in [5.41, 5.74) is 0.820. The van der Waals surface area contributed by atoms with Crippen molar-refractivity contribution in [2.75, 3.05) is 18.0 Å². The third-order valence-corrected chi connectivity index (χ3v) is 3.52. The van der Waals surface area contributed by atoms with Crippen molar-refractivity contribution >= 4 is 11.5 Å². The molecule has 2 rings (SSSR count). The predicted octanol–water partition coefficient (Wildman–Crippen LogP) is 3.28. The van der Waals surface area contributed by atoms with E-state index in [1.54, 1.807) is 0 Å². The van der Waals surface area contributed by atoms with Gasteiger partial charge in [0.2, 0.25) is 0 Å². The molecule has 0 amide bonds. The molecule has 3 nitrogen and oxygen atoms in total. The highest BCUT2D eigenvalue weighted by Crippen LogP contribution is 2.34. The predicted molar refractivity (Wildman–Crippen MR) is 77.8 cm³/mol. The maximum absolute atomic E-state index is 11.9. The lowest BCUT2D eigenvalue weighted by Gasteiger charge is -2.38. The van der Waals surface area contributed by atoms with Gasteiger partial charge in [0.15, 0.2) is 0 Å². The van der Waals surface area contributed by atoms with Gasteiger partial charge < -0.3 is 9.64 Å². The van der Waals surface area contributed by atoms with Gasteiger partial charge in [0, 0.05) is 24.9 Å². The number of piperidine rings is 1. The largest absolute Gasteiger partial charge is 0.489 e. The van der Waals surface area contributed by atoms with Gasteiger partial charge in [-0.2, -0.15) is 0 Å². The molecule has 1 aromatic carbocycles. The summed E-state index contributed by atoms with van der Waals surface area (Å²) in [6.07, 6.45) is 0.767. The molecule has 1 heterocycles. The van der Waals surface area contributed by atoms with Crippen molar-refractivity contribution in [1.29, 1.82) is 0 Å². The van der Waals surface area contributed by atoms with Crippen LogP contribution >= 0.6 is 0 Å². The summed E-state index contributed by atoms with van der Waals surface area (Å²) in [7, 11) is 0. The third-order valence-electron chi connectivity index (χ3n) is 3.52. The van der Waals surface area contributed by atoms with Gasteiger partial charge in [-0.05, 0) is 26.0 Å². The molecule has 104 valence electrons. The number of rotatable bonds is 3. The van der Waals surface area contributed by atoms with Crippen LogP contribution in [0.25, 0.3) is 0 Å². The number of hydrogen-bond acceptors (Lipinski definition) is 3. The minimum absolute atomic E-state index is 0.153. The van der Waals surface area contributed by atoms with Crippen molar-refractivity contribution in [3.05, 3.63) is 24.3 Å². The Labute approximate surface area is 115 Å². The molecule has 1 aromatic rings. The molecule has 0 aromatic heterocycles. The molecule has 0 spiro atoms. The van der Waals surface area contributed by atoms with E-state index in [4.69, 9.17) is 4.74 Å². The fourth-order valence-corrected chi connectivity index (χ4v) is 2.50. The minimum Gasteiger partial charge on any atom is -0.489 e. The molecule has 0 saturated carbocycles. The van der Waals surface area contributed by atoms with Crippen LogP contribution in [0, 0.1) is 5.41 Å². The molecule has 1 aliphatic rings. The van der Waals surface area contributed by atoms with Crippen LogP contribution in [-0.2, 0) is 4.79 Å². The molecule has 0 aliphatic carbocycles. The number of anilines is 1. The molecule has 19 heavy (non-hydrogen) atoms. The summed E-state index contributed by atoms with van der Waals surface area (Å²) in [6, 6.07) is 8.08. The molecule has 0 radical (unpaired) electrons. The molecule has 3 heteroatoms. The standard InChI is InChI=1S/C16H23NO2/c1-12(2)19-14-8-6-5-7-13(14)17-10-9-15(18)16(3,4)11-17/h5-8,12H,9-11H2,1-4H3. The zero-order valence-corrected chi connectivity index (χ0v) is 12.3. The number of para-hydroxylation sites is 2. The van der Waals surface area contributed by atoms with Gasteiger partial charge in [0.1, 0.15) is 11.5 Å². The molecule has 0 N–H and O–H groups in total. The van der Waals surface area contributed by atoms with E-state index >= 15 is 0 Å². The van der Waals surface area contributed by atoms with Crippen molar-refractivity contribution in [3.8, 4) is 5.75 Å². The Morgan fingerprint density at radius 2 is 1.95 bits per heavy atom. The fraction of sp³-hybridized carbons (Fsp3) is 0.562. The highest BCUT2D eigenvalue weighted by Gasteiger charge is 2.34. The zero-order valence-electron chi connectivity index (χ0n) is 12.3. The lowest BCUT2D eigenvalue weighted by atomic mass is 9.82. The first-order valence-electron chi connectivity index (χ1n) is 6.94. The summed E-state index contributed by atoms with van der Waals surface area (Å²) in [5.74, 6) is 1.26. The molecule has 0 atom stereocenters. The van der Waals surface area contributed by atoms with Crippen LogP contribution in [0.2, 0.25) is 0 Å². The summed E-state index contributed by atoms with van der Waals surface area (Å²) in [5, 5.41) is 0. The van der Waals surface area contributed by atoms with Crippen molar-refractivity contribution in [2.45, 2.75) is 40.2 Å². The first-order chi connectivity index (χ1) is 8.90. The van der Waals surface area contributed by atoms with Crippen LogP contribution in [0.4, 0.5) is 5.69 Å². The first-order valence-corrected chi connectivity index (χ1v) is 6.94. The topological polar surface area (TPSA) is 29.5 Å². The summed E-state index contributed by atoms with van der Waals surface area (Å²) in [6.45, 7) is 9.63. The molecule has 1 aliphatic heterocycles. The SMILES string of the molecule is CC(C)Oc1ccccc1N1CCC(=O)C(C)(C)C1. The fourth-order valence-electron chi connectivity index (χ4n) is 2.50. The second-order valence-electron chi connectivity index (χ2n) is 6.11. The lowest BCUT2D eigenvalue weighted by Crippen LogP contribution is -2.46. The second kappa shape index (κ2) is 5.24. The number of ether oxygens (including phenoxy) is 1. The Balaban J connectivity index is 2.25. The second-order valence-corrected chi connectivity index (χ2v) is 6.11. The Bertz CT molecular complexity index is 466. The summed E-state index contributed by atoms with van der Waals surface area (Å²) < 4.78 is 5.87. The number of Topliss-reactive ketones (excluding diaryl/α,β-unsaturated/α-hetero) is 1. The van der Waals surface area contributed by atoms with Gasteiger partial charge in [-0.3, -0.25) is 4.79 Å². The lowest BCUT2D eigenvalue weighted by molar-refractivity contribution is -0.127. The highest BCUT2D eigenvalue weighted by atomic mass is 16.5. The Morgan fingerprint density at radius 1 is 1.26 bits per heavy atom. The van der Waals surface area contributed by atoms with Gasteiger partial charge in [-0.25, -0.2) is 0 Å². The van der Waals surface area contributed by atoms with Crippen molar-refractivity contribution < 1.29 is 9.53 Å². The van der Waals surface area contributed by atoms with Crippen LogP contribution in [0.15, 0.2) is 24.3 Å².